The molecule has 0 fully saturated rings. The lowest BCUT2D eigenvalue weighted by Gasteiger charge is -2.32. The van der Waals surface area contributed by atoms with E-state index in [4.69, 9.17) is 9.47 Å². The number of carboxylic acids is 1. The molecule has 6 nitrogen and oxygen atoms in total. The average Bonchev–Trinajstić information content (AvgIpc) is 2.83. The minimum absolute atomic E-state index is 0.0340. The molecule has 3 aromatic carbocycles. The molecule has 0 saturated carbocycles. The Morgan fingerprint density at radius 1 is 0.941 bits per heavy atom. The van der Waals surface area contributed by atoms with Crippen molar-refractivity contribution in [2.45, 2.75) is 32.9 Å². The Hall–Kier alpha value is -4.06. The molecule has 0 saturated heterocycles. The summed E-state index contributed by atoms with van der Waals surface area (Å²) in [5, 5.41) is 12.4. The highest BCUT2D eigenvalue weighted by molar-refractivity contribution is 5.89. The summed E-state index contributed by atoms with van der Waals surface area (Å²) in [5.74, 6) is 0.144. The van der Waals surface area contributed by atoms with Crippen molar-refractivity contribution in [2.24, 2.45) is 0 Å². The number of carbonyl (C=O) groups is 1. The first-order valence-corrected chi connectivity index (χ1v) is 11.3. The fraction of sp³-hybridized carbons (Fsp3) is 0.214. The molecule has 1 atom stereocenters. The maximum absolute atomic E-state index is 12.8. The van der Waals surface area contributed by atoms with E-state index in [9.17, 15) is 9.90 Å². The molecular weight excluding hydrogens is 428 g/mol. The van der Waals surface area contributed by atoms with Gasteiger partial charge in [-0.3, -0.25) is 4.98 Å². The van der Waals surface area contributed by atoms with Crippen LogP contribution in [0.15, 0.2) is 85.2 Å². The number of rotatable bonds is 9. The second kappa shape index (κ2) is 10.3. The smallest absolute Gasteiger partial charge is 0.331 e. The lowest BCUT2D eigenvalue weighted by atomic mass is 10.0. The van der Waals surface area contributed by atoms with Crippen LogP contribution in [0.1, 0.15) is 32.4 Å². The van der Waals surface area contributed by atoms with Gasteiger partial charge in [-0.1, -0.05) is 30.3 Å². The van der Waals surface area contributed by atoms with Gasteiger partial charge < -0.3 is 19.5 Å². The standard InChI is InChI=1S/C28H28N2O4/c1-4-33-26-17-21(11-13-25(26)34-19(2)3)27(28(31)32)30(23-8-6-5-7-9-23)24-12-10-22-18-29-15-14-20(22)16-24/h5-19,27H,4H2,1-3H3,(H,31,32). The summed E-state index contributed by atoms with van der Waals surface area (Å²) in [6.45, 7) is 6.21. The molecule has 0 spiro atoms. The number of hydrogen-bond acceptors (Lipinski definition) is 5. The van der Waals surface area contributed by atoms with E-state index in [0.717, 1.165) is 22.1 Å². The number of ether oxygens (including phenoxy) is 2. The van der Waals surface area contributed by atoms with E-state index < -0.39 is 12.0 Å². The zero-order valence-electron chi connectivity index (χ0n) is 19.5. The van der Waals surface area contributed by atoms with Crippen LogP contribution in [-0.4, -0.2) is 28.8 Å². The monoisotopic (exact) mass is 456 g/mol. The molecule has 0 bridgehead atoms. The first kappa shape index (κ1) is 23.1. The zero-order valence-corrected chi connectivity index (χ0v) is 19.5. The Morgan fingerprint density at radius 2 is 1.74 bits per heavy atom. The second-order valence-electron chi connectivity index (χ2n) is 8.16. The normalized spacial score (nSPS) is 11.9. The predicted molar refractivity (Wildman–Crippen MR) is 134 cm³/mol. The fourth-order valence-electron chi connectivity index (χ4n) is 3.97. The third kappa shape index (κ3) is 4.96. The number of para-hydroxylation sites is 1. The molecular formula is C28H28N2O4. The predicted octanol–water partition coefficient (Wildman–Crippen LogP) is 6.38. The summed E-state index contributed by atoms with van der Waals surface area (Å²) in [6, 6.07) is 21.7. The van der Waals surface area contributed by atoms with Gasteiger partial charge in [0.25, 0.3) is 0 Å². The van der Waals surface area contributed by atoms with Gasteiger partial charge in [0.2, 0.25) is 0 Å². The van der Waals surface area contributed by atoms with Crippen LogP contribution in [0.5, 0.6) is 11.5 Å². The topological polar surface area (TPSA) is 71.9 Å². The highest BCUT2D eigenvalue weighted by atomic mass is 16.5. The highest BCUT2D eigenvalue weighted by Crippen LogP contribution is 2.39. The number of benzene rings is 3. The first-order chi connectivity index (χ1) is 16.5. The van der Waals surface area contributed by atoms with Gasteiger partial charge >= 0.3 is 5.97 Å². The van der Waals surface area contributed by atoms with E-state index in [1.54, 1.807) is 30.6 Å². The van der Waals surface area contributed by atoms with Crippen LogP contribution in [0.25, 0.3) is 10.8 Å². The quantitative estimate of drug-likeness (QED) is 0.315. The van der Waals surface area contributed by atoms with E-state index in [1.165, 1.54) is 0 Å². The number of aliphatic carboxylic acids is 1. The van der Waals surface area contributed by atoms with Gasteiger partial charge in [0.15, 0.2) is 17.5 Å². The number of carboxylic acid groups (broad SMARTS) is 1. The molecule has 1 aromatic heterocycles. The van der Waals surface area contributed by atoms with Crippen molar-refractivity contribution in [3.8, 4) is 11.5 Å². The van der Waals surface area contributed by atoms with Crippen LogP contribution >= 0.6 is 0 Å². The molecule has 1 unspecified atom stereocenters. The molecule has 4 rings (SSSR count). The summed E-state index contributed by atoms with van der Waals surface area (Å²) in [5.41, 5.74) is 2.12. The maximum atomic E-state index is 12.8. The number of nitrogens with zero attached hydrogens (tertiary/aromatic N) is 2. The third-order valence-electron chi connectivity index (χ3n) is 5.37. The number of anilines is 2. The second-order valence-corrected chi connectivity index (χ2v) is 8.16. The largest absolute Gasteiger partial charge is 0.490 e. The summed E-state index contributed by atoms with van der Waals surface area (Å²) in [4.78, 5) is 18.8. The van der Waals surface area contributed by atoms with Crippen molar-refractivity contribution >= 4 is 28.1 Å². The summed E-state index contributed by atoms with van der Waals surface area (Å²) in [6.07, 6.45) is 3.49. The van der Waals surface area contributed by atoms with Crippen LogP contribution in [-0.2, 0) is 4.79 Å². The molecule has 0 aliphatic heterocycles. The molecule has 1 N–H and O–H groups in total. The Morgan fingerprint density at radius 3 is 2.44 bits per heavy atom. The Labute approximate surface area is 199 Å². The molecule has 0 amide bonds. The SMILES string of the molecule is CCOc1cc(C(C(=O)O)N(c2ccccc2)c2ccc3cnccc3c2)ccc1OC(C)C. The summed E-state index contributed by atoms with van der Waals surface area (Å²) < 4.78 is 11.7. The van der Waals surface area contributed by atoms with Crippen LogP contribution < -0.4 is 14.4 Å². The number of hydrogen-bond donors (Lipinski definition) is 1. The summed E-state index contributed by atoms with van der Waals surface area (Å²) in [7, 11) is 0. The molecule has 174 valence electrons. The molecule has 4 aromatic rings. The Bertz CT molecular complexity index is 1270. The van der Waals surface area contributed by atoms with Gasteiger partial charge in [0.05, 0.1) is 12.7 Å². The van der Waals surface area contributed by atoms with Gasteiger partial charge in [0.1, 0.15) is 0 Å². The van der Waals surface area contributed by atoms with Gasteiger partial charge in [-0.25, -0.2) is 4.79 Å². The van der Waals surface area contributed by atoms with E-state index in [-0.39, 0.29) is 6.10 Å². The summed E-state index contributed by atoms with van der Waals surface area (Å²) >= 11 is 0. The Kier molecular flexibility index (Phi) is 6.97. The van der Waals surface area contributed by atoms with Crippen molar-refractivity contribution in [3.63, 3.8) is 0 Å². The van der Waals surface area contributed by atoms with Crippen molar-refractivity contribution in [2.75, 3.05) is 11.5 Å². The number of fused-ring (bicyclic) bond motifs is 1. The Balaban J connectivity index is 1.87. The van der Waals surface area contributed by atoms with Crippen molar-refractivity contribution in [1.82, 2.24) is 4.98 Å². The van der Waals surface area contributed by atoms with Crippen molar-refractivity contribution in [3.05, 3.63) is 90.8 Å². The average molecular weight is 457 g/mol. The van der Waals surface area contributed by atoms with Crippen molar-refractivity contribution < 1.29 is 19.4 Å². The zero-order chi connectivity index (χ0) is 24.1. The van der Waals surface area contributed by atoms with E-state index in [1.807, 2.05) is 80.3 Å². The number of pyridine rings is 1. The highest BCUT2D eigenvalue weighted by Gasteiger charge is 2.30. The van der Waals surface area contributed by atoms with Crippen LogP contribution in [0.2, 0.25) is 0 Å². The van der Waals surface area contributed by atoms with Gasteiger partial charge in [0, 0.05) is 29.2 Å². The van der Waals surface area contributed by atoms with E-state index >= 15 is 0 Å². The third-order valence-corrected chi connectivity index (χ3v) is 5.37. The minimum atomic E-state index is -0.992. The number of aromatic nitrogens is 1. The maximum Gasteiger partial charge on any atom is 0.331 e. The first-order valence-electron chi connectivity index (χ1n) is 11.3. The van der Waals surface area contributed by atoms with Gasteiger partial charge in [-0.15, -0.1) is 0 Å². The molecule has 6 heteroatoms. The lowest BCUT2D eigenvalue weighted by molar-refractivity contribution is -0.138. The lowest BCUT2D eigenvalue weighted by Crippen LogP contribution is -2.30. The fourth-order valence-corrected chi connectivity index (χ4v) is 3.97. The van der Waals surface area contributed by atoms with Crippen LogP contribution in [0.3, 0.4) is 0 Å². The van der Waals surface area contributed by atoms with Gasteiger partial charge in [-0.05, 0) is 74.2 Å². The van der Waals surface area contributed by atoms with Crippen molar-refractivity contribution in [1.29, 1.82) is 0 Å². The minimum Gasteiger partial charge on any atom is -0.490 e. The molecule has 0 aliphatic rings. The van der Waals surface area contributed by atoms with Crippen LogP contribution in [0.4, 0.5) is 11.4 Å². The van der Waals surface area contributed by atoms with Gasteiger partial charge in [-0.2, -0.15) is 0 Å². The van der Waals surface area contributed by atoms with E-state index in [0.29, 0.717) is 23.7 Å². The molecule has 0 radical (unpaired) electrons. The molecule has 1 heterocycles. The van der Waals surface area contributed by atoms with E-state index in [2.05, 4.69) is 4.98 Å². The molecule has 34 heavy (non-hydrogen) atoms. The van der Waals surface area contributed by atoms with Crippen LogP contribution in [0, 0.1) is 0 Å². The molecule has 0 aliphatic carbocycles.